The molecule has 3 aliphatic heterocycles. The molecule has 35 heavy (non-hydrogen) atoms. The quantitative estimate of drug-likeness (QED) is 0.649. The molecule has 0 radical (unpaired) electrons. The molecular weight excluding hydrogens is 434 g/mol. The Morgan fingerprint density at radius 2 is 1.66 bits per heavy atom. The van der Waals surface area contributed by atoms with E-state index in [-0.39, 0.29) is 5.92 Å². The summed E-state index contributed by atoms with van der Waals surface area (Å²) in [6.07, 6.45) is 15.8. The van der Waals surface area contributed by atoms with Gasteiger partial charge < -0.3 is 15.5 Å². The number of piperidine rings is 3. The van der Waals surface area contributed by atoms with Gasteiger partial charge in [-0.05, 0) is 107 Å². The van der Waals surface area contributed by atoms with Gasteiger partial charge in [0.2, 0.25) is 5.95 Å². The smallest absolute Gasteiger partial charge is 0.219 e. The molecule has 2 bridgehead atoms. The predicted octanol–water partition coefficient (Wildman–Crippen LogP) is 5.01. The van der Waals surface area contributed by atoms with E-state index in [9.17, 15) is 4.79 Å². The summed E-state index contributed by atoms with van der Waals surface area (Å²) < 4.78 is 0. The Balaban J connectivity index is 0.000000126. The Kier molecular flexibility index (Phi) is 8.85. The Hall–Kier alpha value is -1.53. The number of nitrogen functional groups attached to an aromatic ring is 1. The summed E-state index contributed by atoms with van der Waals surface area (Å²) >= 11 is 0. The SMILES string of the molecule is CC(C)C(=O)C1CC2(CCC2)C1.CCN1CC2CC(C2)C1.CN1CCC(c2cnc(N)nc2)CC1. The van der Waals surface area contributed by atoms with Gasteiger partial charge in [-0.15, -0.1) is 0 Å². The highest BCUT2D eigenvalue weighted by atomic mass is 16.1. The maximum atomic E-state index is 11.6. The predicted molar refractivity (Wildman–Crippen MR) is 143 cm³/mol. The number of rotatable bonds is 4. The molecular formula is C29H49N5O. The third kappa shape index (κ3) is 6.82. The number of likely N-dealkylation sites (tertiary alicyclic amines) is 1. The monoisotopic (exact) mass is 483 g/mol. The van der Waals surface area contributed by atoms with E-state index in [1.54, 1.807) is 0 Å². The Bertz CT molecular complexity index is 789. The van der Waals surface area contributed by atoms with E-state index in [4.69, 9.17) is 5.73 Å². The molecule has 3 saturated carbocycles. The second kappa shape index (κ2) is 11.7. The Labute approximate surface area is 213 Å². The molecule has 3 aliphatic carbocycles. The zero-order chi connectivity index (χ0) is 25.0. The molecule has 0 amide bonds. The molecule has 1 aromatic heterocycles. The summed E-state index contributed by atoms with van der Waals surface area (Å²) in [5, 5.41) is 0. The third-order valence-electron chi connectivity index (χ3n) is 9.44. The number of nitrogens with zero attached hydrogens (tertiary/aromatic N) is 4. The van der Waals surface area contributed by atoms with Gasteiger partial charge >= 0.3 is 0 Å². The zero-order valence-electron chi connectivity index (χ0n) is 22.7. The molecule has 6 aliphatic rings. The van der Waals surface area contributed by atoms with Crippen LogP contribution in [0.4, 0.5) is 5.95 Å². The van der Waals surface area contributed by atoms with Crippen molar-refractivity contribution in [3.8, 4) is 0 Å². The second-order valence-corrected chi connectivity index (χ2v) is 12.5. The number of fused-ring (bicyclic) bond motifs is 2. The van der Waals surface area contributed by atoms with Crippen LogP contribution in [0, 0.1) is 29.1 Å². The molecule has 196 valence electrons. The van der Waals surface area contributed by atoms with E-state index in [2.05, 4.69) is 33.7 Å². The first-order valence-corrected chi connectivity index (χ1v) is 14.3. The minimum absolute atomic E-state index is 0.257. The Morgan fingerprint density at radius 1 is 1.09 bits per heavy atom. The molecule has 1 spiro atoms. The first-order chi connectivity index (χ1) is 16.8. The topological polar surface area (TPSA) is 75.4 Å². The van der Waals surface area contributed by atoms with Gasteiger partial charge in [0.15, 0.2) is 0 Å². The van der Waals surface area contributed by atoms with Crippen molar-refractivity contribution in [3.05, 3.63) is 18.0 Å². The van der Waals surface area contributed by atoms with Crippen LogP contribution < -0.4 is 5.73 Å². The minimum Gasteiger partial charge on any atom is -0.368 e. The molecule has 6 nitrogen and oxygen atoms in total. The Morgan fingerprint density at radius 3 is 2.09 bits per heavy atom. The maximum Gasteiger partial charge on any atom is 0.219 e. The number of carbonyl (C=O) groups is 1. The highest BCUT2D eigenvalue weighted by Gasteiger charge is 2.50. The highest BCUT2D eigenvalue weighted by Crippen LogP contribution is 2.59. The molecule has 7 rings (SSSR count). The minimum atomic E-state index is 0.257. The number of ketones is 1. The van der Waals surface area contributed by atoms with Crippen LogP contribution >= 0.6 is 0 Å². The van der Waals surface area contributed by atoms with E-state index in [1.165, 1.54) is 83.0 Å². The number of hydrogen-bond acceptors (Lipinski definition) is 6. The van der Waals surface area contributed by atoms with Crippen molar-refractivity contribution in [2.24, 2.45) is 29.1 Å². The summed E-state index contributed by atoms with van der Waals surface area (Å²) in [5.41, 5.74) is 7.34. The molecule has 4 heterocycles. The molecule has 0 atom stereocenters. The largest absolute Gasteiger partial charge is 0.368 e. The van der Waals surface area contributed by atoms with Gasteiger partial charge in [0.05, 0.1) is 0 Å². The van der Waals surface area contributed by atoms with Crippen LogP contribution in [0.2, 0.25) is 0 Å². The number of carbonyl (C=O) groups excluding carboxylic acids is 1. The van der Waals surface area contributed by atoms with Crippen molar-refractivity contribution in [2.75, 3.05) is 45.5 Å². The van der Waals surface area contributed by atoms with Crippen LogP contribution in [-0.2, 0) is 4.79 Å². The molecule has 3 saturated heterocycles. The van der Waals surface area contributed by atoms with E-state index >= 15 is 0 Å². The van der Waals surface area contributed by atoms with Crippen LogP contribution in [0.1, 0.15) is 90.0 Å². The number of hydrogen-bond donors (Lipinski definition) is 1. The fourth-order valence-electron chi connectivity index (χ4n) is 6.88. The van der Waals surface area contributed by atoms with Crippen molar-refractivity contribution < 1.29 is 4.79 Å². The van der Waals surface area contributed by atoms with Crippen molar-refractivity contribution in [1.29, 1.82) is 0 Å². The zero-order valence-corrected chi connectivity index (χ0v) is 22.7. The van der Waals surface area contributed by atoms with Crippen LogP contribution in [0.3, 0.4) is 0 Å². The van der Waals surface area contributed by atoms with Gasteiger partial charge in [0, 0.05) is 37.3 Å². The fraction of sp³-hybridized carbons (Fsp3) is 0.828. The van der Waals surface area contributed by atoms with Crippen molar-refractivity contribution in [1.82, 2.24) is 19.8 Å². The first kappa shape index (κ1) is 26.5. The summed E-state index contributed by atoms with van der Waals surface area (Å²) in [5.74, 6) is 4.35. The summed E-state index contributed by atoms with van der Waals surface area (Å²) in [4.78, 5) is 24.5. The molecule has 0 aromatic carbocycles. The fourth-order valence-corrected chi connectivity index (χ4v) is 6.88. The van der Waals surface area contributed by atoms with E-state index < -0.39 is 0 Å². The third-order valence-corrected chi connectivity index (χ3v) is 9.44. The average Bonchev–Trinajstić information content (AvgIpc) is 2.79. The van der Waals surface area contributed by atoms with Gasteiger partial charge in [-0.2, -0.15) is 0 Å². The van der Waals surface area contributed by atoms with Gasteiger partial charge in [0.1, 0.15) is 5.78 Å². The lowest BCUT2D eigenvalue weighted by Gasteiger charge is -2.54. The van der Waals surface area contributed by atoms with Crippen molar-refractivity contribution in [2.45, 2.75) is 84.5 Å². The van der Waals surface area contributed by atoms with Crippen LogP contribution in [-0.4, -0.2) is 65.3 Å². The number of nitrogens with two attached hydrogens (primary N) is 1. The van der Waals surface area contributed by atoms with E-state index in [1.807, 2.05) is 26.2 Å². The van der Waals surface area contributed by atoms with Crippen LogP contribution in [0.15, 0.2) is 12.4 Å². The first-order valence-electron chi connectivity index (χ1n) is 14.3. The maximum absolute atomic E-state index is 11.6. The highest BCUT2D eigenvalue weighted by molar-refractivity contribution is 5.83. The van der Waals surface area contributed by atoms with Crippen LogP contribution in [0.5, 0.6) is 0 Å². The summed E-state index contributed by atoms with van der Waals surface area (Å²) in [6.45, 7) is 12.7. The number of Topliss-reactive ketones (excluding diaryl/α,β-unsaturated/α-hetero) is 1. The lowest BCUT2D eigenvalue weighted by molar-refractivity contribution is -0.137. The normalized spacial score (nSPS) is 28.0. The van der Waals surface area contributed by atoms with Crippen molar-refractivity contribution in [3.63, 3.8) is 0 Å². The van der Waals surface area contributed by atoms with Gasteiger partial charge in [-0.1, -0.05) is 27.2 Å². The lowest BCUT2D eigenvalue weighted by Crippen LogP contribution is -2.48. The molecule has 0 unspecified atom stereocenters. The van der Waals surface area contributed by atoms with Gasteiger partial charge in [0.25, 0.3) is 0 Å². The van der Waals surface area contributed by atoms with E-state index in [0.717, 1.165) is 24.9 Å². The molecule has 2 N–H and O–H groups in total. The molecule has 6 fully saturated rings. The lowest BCUT2D eigenvalue weighted by atomic mass is 9.50. The average molecular weight is 484 g/mol. The van der Waals surface area contributed by atoms with Gasteiger partial charge in [-0.25, -0.2) is 9.97 Å². The van der Waals surface area contributed by atoms with Crippen molar-refractivity contribution >= 4 is 11.7 Å². The van der Waals surface area contributed by atoms with E-state index in [0.29, 0.717) is 29.0 Å². The summed E-state index contributed by atoms with van der Waals surface area (Å²) in [7, 11) is 2.16. The van der Waals surface area contributed by atoms with Crippen LogP contribution in [0.25, 0.3) is 0 Å². The second-order valence-electron chi connectivity index (χ2n) is 12.5. The number of anilines is 1. The summed E-state index contributed by atoms with van der Waals surface area (Å²) in [6, 6.07) is 0. The molecule has 1 aromatic rings. The van der Waals surface area contributed by atoms with Gasteiger partial charge in [-0.3, -0.25) is 4.79 Å². The standard InChI is InChI=1S/C11H18O.C10H16N4.C8H15N/c1-8(2)10(12)9-6-11(7-9)4-3-5-11;1-14-4-2-8(3-5-14)9-6-12-10(11)13-7-9;1-2-9-5-7-3-8(4-7)6-9/h8-9H,3-7H2,1-2H3;6-8H,2-5H2,1H3,(H2,11,12,13);7-8H,2-6H2,1H3. The number of aromatic nitrogens is 2. The molecule has 6 heteroatoms.